The van der Waals surface area contributed by atoms with Crippen LogP contribution in [0.5, 0.6) is 0 Å². The van der Waals surface area contributed by atoms with E-state index in [1.54, 1.807) is 24.3 Å². The van der Waals surface area contributed by atoms with Crippen molar-refractivity contribution in [2.45, 2.75) is 31.3 Å². The first-order chi connectivity index (χ1) is 15.4. The number of urea groups is 1. The number of rotatable bonds is 5. The summed E-state index contributed by atoms with van der Waals surface area (Å²) >= 11 is 0. The van der Waals surface area contributed by atoms with Crippen LogP contribution in [-0.2, 0) is 20.8 Å². The summed E-state index contributed by atoms with van der Waals surface area (Å²) < 4.78 is 0. The minimum Gasteiger partial charge on any atom is -0.480 e. The molecule has 32 heavy (non-hydrogen) atoms. The third-order valence-electron chi connectivity index (χ3n) is 5.72. The van der Waals surface area contributed by atoms with E-state index < -0.39 is 30.0 Å². The third-order valence-corrected chi connectivity index (χ3v) is 5.72. The number of benzene rings is 2. The normalized spacial score (nSPS) is 18.5. The molecule has 0 bridgehead atoms. The molecule has 2 aromatic carbocycles. The predicted molar refractivity (Wildman–Crippen MR) is 117 cm³/mol. The Bertz CT molecular complexity index is 1040. The lowest BCUT2D eigenvalue weighted by Gasteiger charge is -2.32. The molecule has 166 valence electrons. The Labute approximate surface area is 185 Å². The van der Waals surface area contributed by atoms with Gasteiger partial charge in [0.1, 0.15) is 18.6 Å². The van der Waals surface area contributed by atoms with Crippen molar-refractivity contribution in [2.75, 3.05) is 23.3 Å². The molecule has 0 radical (unpaired) electrons. The van der Waals surface area contributed by atoms with Crippen molar-refractivity contribution in [1.82, 2.24) is 10.2 Å². The second-order valence-corrected chi connectivity index (χ2v) is 7.87. The largest absolute Gasteiger partial charge is 0.480 e. The van der Waals surface area contributed by atoms with Crippen molar-refractivity contribution in [3.8, 4) is 0 Å². The van der Waals surface area contributed by atoms with Crippen LogP contribution in [0.15, 0.2) is 54.6 Å². The molecule has 2 unspecified atom stereocenters. The monoisotopic (exact) mass is 436 g/mol. The number of aliphatic carboxylic acids is 1. The fourth-order valence-corrected chi connectivity index (χ4v) is 4.18. The van der Waals surface area contributed by atoms with Crippen LogP contribution in [0.4, 0.5) is 16.2 Å². The zero-order valence-electron chi connectivity index (χ0n) is 17.4. The van der Waals surface area contributed by atoms with Gasteiger partial charge in [-0.25, -0.2) is 9.59 Å². The van der Waals surface area contributed by atoms with Gasteiger partial charge in [0.25, 0.3) is 0 Å². The Hall–Kier alpha value is -3.88. The van der Waals surface area contributed by atoms with Crippen LogP contribution in [0.25, 0.3) is 0 Å². The highest BCUT2D eigenvalue weighted by Gasteiger charge is 2.38. The average molecular weight is 436 g/mol. The Morgan fingerprint density at radius 2 is 1.81 bits per heavy atom. The topological polar surface area (TPSA) is 119 Å². The Balaban J connectivity index is 1.59. The number of carboxylic acids is 1. The molecule has 9 heteroatoms. The van der Waals surface area contributed by atoms with E-state index in [4.69, 9.17) is 0 Å². The van der Waals surface area contributed by atoms with Gasteiger partial charge >= 0.3 is 12.0 Å². The molecular weight excluding hydrogens is 412 g/mol. The summed E-state index contributed by atoms with van der Waals surface area (Å²) in [5.41, 5.74) is 1.87. The number of hydrogen-bond donors (Lipinski definition) is 3. The molecule has 4 rings (SSSR count). The van der Waals surface area contributed by atoms with Gasteiger partial charge in [-0.3, -0.25) is 14.5 Å². The van der Waals surface area contributed by atoms with Crippen LogP contribution in [0.3, 0.4) is 0 Å². The van der Waals surface area contributed by atoms with Gasteiger partial charge in [-0.1, -0.05) is 42.5 Å². The van der Waals surface area contributed by atoms with Crippen LogP contribution in [0.2, 0.25) is 0 Å². The number of carboxylic acid groups (broad SMARTS) is 1. The van der Waals surface area contributed by atoms with Gasteiger partial charge in [0.15, 0.2) is 0 Å². The Morgan fingerprint density at radius 1 is 1.09 bits per heavy atom. The summed E-state index contributed by atoms with van der Waals surface area (Å²) in [5, 5.41) is 15.0. The predicted octanol–water partition coefficient (Wildman–Crippen LogP) is 1.84. The zero-order valence-corrected chi connectivity index (χ0v) is 17.4. The van der Waals surface area contributed by atoms with Crippen molar-refractivity contribution < 1.29 is 24.3 Å². The van der Waals surface area contributed by atoms with Crippen LogP contribution in [0.1, 0.15) is 18.4 Å². The second kappa shape index (κ2) is 9.09. The smallest absolute Gasteiger partial charge is 0.326 e. The summed E-state index contributed by atoms with van der Waals surface area (Å²) in [5.74, 6) is -1.83. The van der Waals surface area contributed by atoms with Crippen molar-refractivity contribution in [3.05, 3.63) is 60.2 Å². The third kappa shape index (κ3) is 4.41. The average Bonchev–Trinajstić information content (AvgIpc) is 3.28. The van der Waals surface area contributed by atoms with E-state index in [0.717, 1.165) is 5.56 Å². The summed E-state index contributed by atoms with van der Waals surface area (Å²) in [6.45, 7) is 0.141. The highest BCUT2D eigenvalue weighted by atomic mass is 16.4. The van der Waals surface area contributed by atoms with Gasteiger partial charge in [0.2, 0.25) is 11.8 Å². The van der Waals surface area contributed by atoms with Crippen molar-refractivity contribution >= 4 is 35.2 Å². The minimum atomic E-state index is -1.05. The number of likely N-dealkylation sites (tertiary alicyclic amines) is 1. The van der Waals surface area contributed by atoms with Gasteiger partial charge < -0.3 is 20.6 Å². The maximum Gasteiger partial charge on any atom is 0.326 e. The number of nitrogens with one attached hydrogen (secondary N) is 2. The minimum absolute atomic E-state index is 0.184. The van der Waals surface area contributed by atoms with Crippen molar-refractivity contribution in [2.24, 2.45) is 0 Å². The molecule has 2 aromatic rings. The molecule has 2 heterocycles. The van der Waals surface area contributed by atoms with E-state index in [1.807, 2.05) is 30.3 Å². The maximum atomic E-state index is 13.3. The lowest BCUT2D eigenvalue weighted by molar-refractivity contribution is -0.148. The number of amides is 4. The van der Waals surface area contributed by atoms with Crippen LogP contribution >= 0.6 is 0 Å². The van der Waals surface area contributed by atoms with E-state index in [-0.39, 0.29) is 18.9 Å². The molecule has 1 saturated heterocycles. The summed E-state index contributed by atoms with van der Waals surface area (Å²) in [6.07, 6.45) is 1.18. The first-order valence-electron chi connectivity index (χ1n) is 10.5. The standard InChI is InChI=1S/C23H24N4O5/c28-20-14-27(18-10-5-4-9-16(18)24-20)23(32)25-17(13-15-7-2-1-3-8-15)21(29)26-12-6-11-19(26)22(30)31/h1-5,7-10,17,19H,6,11-14H2,(H,24,28)(H,25,32)(H,30,31). The number of nitrogens with zero attached hydrogens (tertiary/aromatic N) is 2. The van der Waals surface area contributed by atoms with E-state index in [1.165, 1.54) is 9.80 Å². The van der Waals surface area contributed by atoms with Crippen LogP contribution in [0, 0.1) is 0 Å². The molecule has 2 aliphatic rings. The first kappa shape index (κ1) is 21.4. The number of fused-ring (bicyclic) bond motifs is 1. The van der Waals surface area contributed by atoms with E-state index in [9.17, 15) is 24.3 Å². The number of para-hydroxylation sites is 2. The van der Waals surface area contributed by atoms with E-state index >= 15 is 0 Å². The zero-order chi connectivity index (χ0) is 22.7. The molecule has 0 aromatic heterocycles. The Kier molecular flexibility index (Phi) is 6.07. The number of carbonyl (C=O) groups is 4. The number of anilines is 2. The summed E-state index contributed by atoms with van der Waals surface area (Å²) in [6, 6.07) is 13.7. The lowest BCUT2D eigenvalue weighted by Crippen LogP contribution is -2.56. The SMILES string of the molecule is O=C1CN(C(=O)NC(Cc2ccccc2)C(=O)N2CCCC2C(=O)O)c2ccccc2N1. The lowest BCUT2D eigenvalue weighted by atomic mass is 10.0. The summed E-state index contributed by atoms with van der Waals surface area (Å²) in [7, 11) is 0. The molecule has 0 saturated carbocycles. The van der Waals surface area contributed by atoms with Crippen molar-refractivity contribution in [1.29, 1.82) is 0 Å². The van der Waals surface area contributed by atoms with E-state index in [0.29, 0.717) is 30.8 Å². The van der Waals surface area contributed by atoms with E-state index in [2.05, 4.69) is 10.6 Å². The molecule has 4 amide bonds. The van der Waals surface area contributed by atoms with Crippen LogP contribution in [-0.4, -0.2) is 59.0 Å². The molecule has 1 fully saturated rings. The highest BCUT2D eigenvalue weighted by molar-refractivity contribution is 6.10. The maximum absolute atomic E-state index is 13.3. The molecule has 2 aliphatic heterocycles. The molecule has 9 nitrogen and oxygen atoms in total. The van der Waals surface area contributed by atoms with Gasteiger partial charge in [-0.2, -0.15) is 0 Å². The fraction of sp³-hybridized carbons (Fsp3) is 0.304. The van der Waals surface area contributed by atoms with Gasteiger partial charge in [-0.15, -0.1) is 0 Å². The van der Waals surface area contributed by atoms with Gasteiger partial charge in [0, 0.05) is 13.0 Å². The Morgan fingerprint density at radius 3 is 2.56 bits per heavy atom. The molecule has 0 aliphatic carbocycles. The molecular formula is C23H24N4O5. The highest BCUT2D eigenvalue weighted by Crippen LogP contribution is 2.29. The van der Waals surface area contributed by atoms with Crippen LogP contribution < -0.4 is 15.5 Å². The summed E-state index contributed by atoms with van der Waals surface area (Å²) in [4.78, 5) is 52.9. The molecule has 0 spiro atoms. The number of carbonyl (C=O) groups excluding carboxylic acids is 3. The second-order valence-electron chi connectivity index (χ2n) is 7.87. The first-order valence-corrected chi connectivity index (χ1v) is 10.5. The quantitative estimate of drug-likeness (QED) is 0.661. The molecule has 3 N–H and O–H groups in total. The number of hydrogen-bond acceptors (Lipinski definition) is 4. The van der Waals surface area contributed by atoms with Crippen molar-refractivity contribution in [3.63, 3.8) is 0 Å². The fourth-order valence-electron chi connectivity index (χ4n) is 4.18. The van der Waals surface area contributed by atoms with Gasteiger partial charge in [0.05, 0.1) is 11.4 Å². The molecule has 2 atom stereocenters. The van der Waals surface area contributed by atoms with Gasteiger partial charge in [-0.05, 0) is 30.5 Å².